The van der Waals surface area contributed by atoms with E-state index < -0.39 is 0 Å². The van der Waals surface area contributed by atoms with Gasteiger partial charge in [-0.3, -0.25) is 4.79 Å². The quantitative estimate of drug-likeness (QED) is 0.216. The molecular formula is C31H44O2. The third kappa shape index (κ3) is 6.40. The van der Waals surface area contributed by atoms with Crippen molar-refractivity contribution in [2.45, 2.75) is 89.9 Å². The Balaban J connectivity index is 1.28. The molecule has 3 aliphatic carbocycles. The maximum Gasteiger partial charge on any atom is 0.314 e. The molecule has 1 aromatic carbocycles. The SMILES string of the molecule is C=CCCc1ccc(OC(=O)C2CCCC3CC(C4CCC(CCC=C)CC4)CCC32)cc1. The molecule has 0 N–H and O–H groups in total. The molecule has 0 heterocycles. The van der Waals surface area contributed by atoms with Crippen LogP contribution in [0.15, 0.2) is 49.6 Å². The molecule has 4 atom stereocenters. The molecule has 4 rings (SSSR count). The normalized spacial score (nSPS) is 31.9. The van der Waals surface area contributed by atoms with Crippen LogP contribution < -0.4 is 4.74 Å². The van der Waals surface area contributed by atoms with Gasteiger partial charge in [0.15, 0.2) is 0 Å². The molecule has 2 heteroatoms. The van der Waals surface area contributed by atoms with Crippen molar-refractivity contribution in [3.8, 4) is 5.75 Å². The van der Waals surface area contributed by atoms with Crippen LogP contribution in [0.2, 0.25) is 0 Å². The predicted octanol–water partition coefficient (Wildman–Crippen LogP) is 8.32. The Morgan fingerprint density at radius 1 is 0.848 bits per heavy atom. The van der Waals surface area contributed by atoms with Gasteiger partial charge in [-0.2, -0.15) is 0 Å². The van der Waals surface area contributed by atoms with Crippen LogP contribution in [0.3, 0.4) is 0 Å². The summed E-state index contributed by atoms with van der Waals surface area (Å²) >= 11 is 0. The Morgan fingerprint density at radius 2 is 1.58 bits per heavy atom. The van der Waals surface area contributed by atoms with Crippen LogP contribution in [-0.2, 0) is 11.2 Å². The van der Waals surface area contributed by atoms with E-state index in [0.29, 0.717) is 11.7 Å². The summed E-state index contributed by atoms with van der Waals surface area (Å²) in [6, 6.07) is 8.07. The average Bonchev–Trinajstić information content (AvgIpc) is 2.86. The number of fused-ring (bicyclic) bond motifs is 1. The fourth-order valence-electron chi connectivity index (χ4n) is 7.21. The van der Waals surface area contributed by atoms with Crippen LogP contribution in [0, 0.1) is 35.5 Å². The lowest BCUT2D eigenvalue weighted by atomic mass is 9.59. The van der Waals surface area contributed by atoms with Gasteiger partial charge >= 0.3 is 5.97 Å². The number of rotatable bonds is 9. The van der Waals surface area contributed by atoms with Crippen molar-refractivity contribution in [1.29, 1.82) is 0 Å². The summed E-state index contributed by atoms with van der Waals surface area (Å²) in [5, 5.41) is 0. The zero-order valence-corrected chi connectivity index (χ0v) is 20.6. The zero-order valence-electron chi connectivity index (χ0n) is 20.6. The van der Waals surface area contributed by atoms with Crippen LogP contribution in [0.1, 0.15) is 89.0 Å². The Hall–Kier alpha value is -1.83. The third-order valence-electron chi connectivity index (χ3n) is 9.11. The highest BCUT2D eigenvalue weighted by Gasteiger charge is 2.43. The molecule has 0 aromatic heterocycles. The number of allylic oxidation sites excluding steroid dienone is 2. The number of carbonyl (C=O) groups is 1. The lowest BCUT2D eigenvalue weighted by molar-refractivity contribution is -0.144. The van der Waals surface area contributed by atoms with Gasteiger partial charge in [0.1, 0.15) is 5.75 Å². The van der Waals surface area contributed by atoms with Crippen molar-refractivity contribution in [3.05, 3.63) is 55.1 Å². The molecule has 0 radical (unpaired) electrons. The van der Waals surface area contributed by atoms with Gasteiger partial charge in [-0.25, -0.2) is 0 Å². The number of carbonyl (C=O) groups excluding carboxylic acids is 1. The van der Waals surface area contributed by atoms with E-state index in [0.717, 1.165) is 42.9 Å². The number of benzene rings is 1. The molecule has 3 saturated carbocycles. The summed E-state index contributed by atoms with van der Waals surface area (Å²) in [6.07, 6.45) is 21.6. The van der Waals surface area contributed by atoms with E-state index in [2.05, 4.69) is 31.4 Å². The maximum atomic E-state index is 13.1. The predicted molar refractivity (Wildman–Crippen MR) is 137 cm³/mol. The number of hydrogen-bond donors (Lipinski definition) is 0. The first-order chi connectivity index (χ1) is 16.2. The minimum absolute atomic E-state index is 0.0183. The first-order valence-electron chi connectivity index (χ1n) is 13.7. The van der Waals surface area contributed by atoms with E-state index in [9.17, 15) is 4.79 Å². The molecule has 0 saturated heterocycles. The molecule has 0 spiro atoms. The summed E-state index contributed by atoms with van der Waals surface area (Å²) in [5.74, 6) is 4.84. The molecule has 0 amide bonds. The Bertz CT molecular complexity index is 771. The van der Waals surface area contributed by atoms with Crippen molar-refractivity contribution in [2.75, 3.05) is 0 Å². The van der Waals surface area contributed by atoms with Crippen molar-refractivity contribution < 1.29 is 9.53 Å². The largest absolute Gasteiger partial charge is 0.426 e. The summed E-state index contributed by atoms with van der Waals surface area (Å²) < 4.78 is 5.88. The number of ether oxygens (including phenoxy) is 1. The van der Waals surface area contributed by atoms with Crippen molar-refractivity contribution in [2.24, 2.45) is 35.5 Å². The van der Waals surface area contributed by atoms with E-state index in [1.165, 1.54) is 76.2 Å². The van der Waals surface area contributed by atoms with Crippen LogP contribution in [0.25, 0.3) is 0 Å². The molecule has 2 nitrogen and oxygen atoms in total. The minimum atomic E-state index is 0.0183. The van der Waals surface area contributed by atoms with E-state index >= 15 is 0 Å². The molecule has 0 bridgehead atoms. The van der Waals surface area contributed by atoms with E-state index in [1.54, 1.807) is 0 Å². The van der Waals surface area contributed by atoms with Crippen LogP contribution >= 0.6 is 0 Å². The molecule has 33 heavy (non-hydrogen) atoms. The number of esters is 1. The van der Waals surface area contributed by atoms with E-state index in [4.69, 9.17) is 4.74 Å². The zero-order chi connectivity index (χ0) is 23.0. The summed E-state index contributed by atoms with van der Waals surface area (Å²) in [4.78, 5) is 13.1. The molecule has 3 fully saturated rings. The highest BCUT2D eigenvalue weighted by molar-refractivity contribution is 5.75. The first kappa shape index (κ1) is 24.3. The lowest BCUT2D eigenvalue weighted by Crippen LogP contribution is -2.40. The molecule has 3 aliphatic rings. The van der Waals surface area contributed by atoms with Gasteiger partial charge < -0.3 is 4.74 Å². The fourth-order valence-corrected chi connectivity index (χ4v) is 7.21. The standard InChI is InChI=1S/C31H44O2/c1-3-5-8-23-12-16-25(17-13-23)26-18-21-29-27(22-26)10-7-11-30(29)31(32)33-28-19-14-24(15-20-28)9-6-4-2/h3-4,14-15,19-20,23,25-27,29-30H,1-2,5-13,16-18,21-22H2. The third-order valence-corrected chi connectivity index (χ3v) is 9.11. The van der Waals surface area contributed by atoms with Crippen molar-refractivity contribution >= 4 is 5.97 Å². The Kier molecular flexibility index (Phi) is 8.87. The summed E-state index contributed by atoms with van der Waals surface area (Å²) in [5.41, 5.74) is 1.26. The van der Waals surface area contributed by atoms with Gasteiger partial charge in [-0.05, 0) is 111 Å². The average molecular weight is 449 g/mol. The smallest absolute Gasteiger partial charge is 0.314 e. The van der Waals surface area contributed by atoms with Crippen molar-refractivity contribution in [3.63, 3.8) is 0 Å². The highest BCUT2D eigenvalue weighted by atomic mass is 16.5. The fraction of sp³-hybridized carbons (Fsp3) is 0.645. The highest BCUT2D eigenvalue weighted by Crippen LogP contribution is 2.50. The second-order valence-corrected chi connectivity index (χ2v) is 11.1. The topological polar surface area (TPSA) is 26.3 Å². The second kappa shape index (κ2) is 12.0. The van der Waals surface area contributed by atoms with Gasteiger partial charge in [0, 0.05) is 0 Å². The van der Waals surface area contributed by atoms with Gasteiger partial charge in [0.05, 0.1) is 5.92 Å². The van der Waals surface area contributed by atoms with Crippen LogP contribution in [0.4, 0.5) is 0 Å². The number of aryl methyl sites for hydroxylation is 1. The summed E-state index contributed by atoms with van der Waals surface area (Å²) in [7, 11) is 0. The van der Waals surface area contributed by atoms with Gasteiger partial charge in [0.25, 0.3) is 0 Å². The van der Waals surface area contributed by atoms with E-state index in [-0.39, 0.29) is 11.9 Å². The Morgan fingerprint density at radius 3 is 2.30 bits per heavy atom. The summed E-state index contributed by atoms with van der Waals surface area (Å²) in [6.45, 7) is 7.68. The van der Waals surface area contributed by atoms with E-state index in [1.807, 2.05) is 18.2 Å². The van der Waals surface area contributed by atoms with Crippen molar-refractivity contribution in [1.82, 2.24) is 0 Å². The Labute approximate surface area is 201 Å². The molecule has 1 aromatic rings. The maximum absolute atomic E-state index is 13.1. The lowest BCUT2D eigenvalue weighted by Gasteiger charge is -2.46. The van der Waals surface area contributed by atoms with Crippen LogP contribution in [-0.4, -0.2) is 5.97 Å². The van der Waals surface area contributed by atoms with Gasteiger partial charge in [-0.15, -0.1) is 13.2 Å². The minimum Gasteiger partial charge on any atom is -0.426 e. The van der Waals surface area contributed by atoms with Gasteiger partial charge in [0.2, 0.25) is 0 Å². The monoisotopic (exact) mass is 448 g/mol. The molecule has 0 aliphatic heterocycles. The molecule has 180 valence electrons. The molecule has 4 unspecified atom stereocenters. The molecular weight excluding hydrogens is 404 g/mol. The number of hydrogen-bond acceptors (Lipinski definition) is 2. The second-order valence-electron chi connectivity index (χ2n) is 11.1. The van der Waals surface area contributed by atoms with Crippen LogP contribution in [0.5, 0.6) is 5.75 Å². The first-order valence-corrected chi connectivity index (χ1v) is 13.7. The van der Waals surface area contributed by atoms with Gasteiger partial charge in [-0.1, -0.05) is 50.0 Å².